The predicted octanol–water partition coefficient (Wildman–Crippen LogP) is 3.99. The summed E-state index contributed by atoms with van der Waals surface area (Å²) in [7, 11) is 0. The highest BCUT2D eigenvalue weighted by molar-refractivity contribution is 5.81. The molecule has 116 valence electrons. The Labute approximate surface area is 128 Å². The van der Waals surface area contributed by atoms with Gasteiger partial charge in [0.15, 0.2) is 6.10 Å². The molecule has 21 heavy (non-hydrogen) atoms. The number of rotatable bonds is 4. The van der Waals surface area contributed by atoms with E-state index < -0.39 is 6.10 Å². The lowest BCUT2D eigenvalue weighted by Crippen LogP contribution is -2.42. The Balaban J connectivity index is 1.83. The van der Waals surface area contributed by atoms with Crippen molar-refractivity contribution in [1.82, 2.24) is 5.32 Å². The molecule has 1 fully saturated rings. The molecule has 0 unspecified atom stereocenters. The molecule has 0 spiro atoms. The molecule has 0 aliphatic heterocycles. The molecule has 3 nitrogen and oxygen atoms in total. The quantitative estimate of drug-likeness (QED) is 0.910. The Morgan fingerprint density at radius 2 is 1.86 bits per heavy atom. The Morgan fingerprint density at radius 3 is 2.52 bits per heavy atom. The normalized spacial score (nSPS) is 18.4. The highest BCUT2D eigenvalue weighted by atomic mass is 16.5. The average Bonchev–Trinajstić information content (AvgIpc) is 2.41. The van der Waals surface area contributed by atoms with Crippen molar-refractivity contribution < 1.29 is 9.53 Å². The maximum Gasteiger partial charge on any atom is 0.260 e. The molecule has 2 rings (SSSR count). The number of ether oxygens (including phenoxy) is 1. The number of carbonyl (C=O) groups excluding carboxylic acids is 1. The van der Waals surface area contributed by atoms with Gasteiger partial charge in [0.2, 0.25) is 0 Å². The van der Waals surface area contributed by atoms with E-state index in [4.69, 9.17) is 4.74 Å². The zero-order valence-corrected chi connectivity index (χ0v) is 13.2. The van der Waals surface area contributed by atoms with E-state index in [9.17, 15) is 4.79 Å². The highest BCUT2D eigenvalue weighted by Gasteiger charge is 2.19. The van der Waals surface area contributed by atoms with E-state index in [1.807, 2.05) is 38.1 Å². The number of aryl methyl sites for hydroxylation is 1. The number of amides is 1. The van der Waals surface area contributed by atoms with Crippen LogP contribution in [0.15, 0.2) is 24.3 Å². The lowest BCUT2D eigenvalue weighted by molar-refractivity contribution is -0.128. The summed E-state index contributed by atoms with van der Waals surface area (Å²) in [6.07, 6.45) is 8.12. The largest absolute Gasteiger partial charge is 0.481 e. The van der Waals surface area contributed by atoms with E-state index in [-0.39, 0.29) is 5.91 Å². The standard InChI is InChI=1S/C18H27NO2/c1-14-9-8-12-17(13-14)21-15(2)18(20)19-16-10-6-4-3-5-7-11-16/h8-9,12-13,15-16H,3-7,10-11H2,1-2H3,(H,19,20)/t15-/m1/s1. The van der Waals surface area contributed by atoms with Gasteiger partial charge in [0, 0.05) is 6.04 Å². The second-order valence-electron chi connectivity index (χ2n) is 6.13. The minimum atomic E-state index is -0.447. The van der Waals surface area contributed by atoms with Crippen LogP contribution in [-0.4, -0.2) is 18.1 Å². The van der Waals surface area contributed by atoms with Gasteiger partial charge in [-0.05, 0) is 44.4 Å². The van der Waals surface area contributed by atoms with Gasteiger partial charge in [0.05, 0.1) is 0 Å². The zero-order valence-electron chi connectivity index (χ0n) is 13.2. The summed E-state index contributed by atoms with van der Waals surface area (Å²) in [5, 5.41) is 3.16. The van der Waals surface area contributed by atoms with Crippen LogP contribution in [0.5, 0.6) is 5.75 Å². The molecule has 0 radical (unpaired) electrons. The SMILES string of the molecule is Cc1cccc(O[C@H](C)C(=O)NC2CCCCCCC2)c1. The molecule has 1 aromatic rings. The Bertz CT molecular complexity index is 450. The highest BCUT2D eigenvalue weighted by Crippen LogP contribution is 2.18. The van der Waals surface area contributed by atoms with Crippen LogP contribution in [0.25, 0.3) is 0 Å². The van der Waals surface area contributed by atoms with E-state index in [1.165, 1.54) is 32.1 Å². The zero-order chi connectivity index (χ0) is 15.1. The fourth-order valence-electron chi connectivity index (χ4n) is 2.87. The summed E-state index contributed by atoms with van der Waals surface area (Å²) < 4.78 is 5.74. The molecule has 0 saturated heterocycles. The van der Waals surface area contributed by atoms with E-state index >= 15 is 0 Å². The van der Waals surface area contributed by atoms with Gasteiger partial charge in [-0.2, -0.15) is 0 Å². The molecule has 0 bridgehead atoms. The molecule has 0 aromatic heterocycles. The minimum absolute atomic E-state index is 0.00193. The van der Waals surface area contributed by atoms with Crippen molar-refractivity contribution in [2.75, 3.05) is 0 Å². The predicted molar refractivity (Wildman–Crippen MR) is 85.5 cm³/mol. The minimum Gasteiger partial charge on any atom is -0.481 e. The maximum absolute atomic E-state index is 12.3. The molecule has 1 saturated carbocycles. The molecule has 0 heterocycles. The first-order chi connectivity index (χ1) is 10.1. The fourth-order valence-corrected chi connectivity index (χ4v) is 2.87. The first kappa shape index (κ1) is 15.9. The third kappa shape index (κ3) is 5.41. The van der Waals surface area contributed by atoms with Crippen molar-refractivity contribution in [3.05, 3.63) is 29.8 Å². The second-order valence-corrected chi connectivity index (χ2v) is 6.13. The summed E-state index contributed by atoms with van der Waals surface area (Å²) in [5.41, 5.74) is 1.14. The van der Waals surface area contributed by atoms with Gasteiger partial charge in [-0.25, -0.2) is 0 Å². The maximum atomic E-state index is 12.3. The number of hydrogen-bond donors (Lipinski definition) is 1. The van der Waals surface area contributed by atoms with E-state index in [0.717, 1.165) is 24.2 Å². The van der Waals surface area contributed by atoms with Crippen LogP contribution in [0.1, 0.15) is 57.4 Å². The lowest BCUT2D eigenvalue weighted by Gasteiger charge is -2.23. The molecular formula is C18H27NO2. The first-order valence-electron chi connectivity index (χ1n) is 8.19. The van der Waals surface area contributed by atoms with Gasteiger partial charge in [-0.1, -0.05) is 44.2 Å². The Kier molecular flexibility index (Phi) is 6.09. The van der Waals surface area contributed by atoms with Gasteiger partial charge in [0.25, 0.3) is 5.91 Å². The second kappa shape index (κ2) is 8.06. The molecule has 1 amide bonds. The molecule has 1 atom stereocenters. The van der Waals surface area contributed by atoms with Gasteiger partial charge >= 0.3 is 0 Å². The van der Waals surface area contributed by atoms with Crippen LogP contribution in [0.4, 0.5) is 0 Å². The Hall–Kier alpha value is -1.51. The van der Waals surface area contributed by atoms with E-state index in [1.54, 1.807) is 0 Å². The van der Waals surface area contributed by atoms with Crippen LogP contribution in [0.2, 0.25) is 0 Å². The number of hydrogen-bond acceptors (Lipinski definition) is 2. The van der Waals surface area contributed by atoms with Crippen molar-refractivity contribution >= 4 is 5.91 Å². The number of carbonyl (C=O) groups is 1. The number of nitrogens with one attached hydrogen (secondary N) is 1. The summed E-state index contributed by atoms with van der Waals surface area (Å²) in [5.74, 6) is 0.761. The molecule has 1 aliphatic carbocycles. The summed E-state index contributed by atoms with van der Waals surface area (Å²) >= 11 is 0. The third-order valence-electron chi connectivity index (χ3n) is 4.12. The van der Waals surface area contributed by atoms with Crippen LogP contribution in [0.3, 0.4) is 0 Å². The third-order valence-corrected chi connectivity index (χ3v) is 4.12. The number of benzene rings is 1. The fraction of sp³-hybridized carbons (Fsp3) is 0.611. The van der Waals surface area contributed by atoms with Crippen molar-refractivity contribution in [1.29, 1.82) is 0 Å². The Morgan fingerprint density at radius 1 is 1.19 bits per heavy atom. The van der Waals surface area contributed by atoms with Crippen molar-refractivity contribution in [2.24, 2.45) is 0 Å². The smallest absolute Gasteiger partial charge is 0.260 e. The summed E-state index contributed by atoms with van der Waals surface area (Å²) in [6, 6.07) is 8.14. The van der Waals surface area contributed by atoms with Gasteiger partial charge in [0.1, 0.15) is 5.75 Å². The van der Waals surface area contributed by atoms with Gasteiger partial charge < -0.3 is 10.1 Å². The van der Waals surface area contributed by atoms with Crippen LogP contribution in [-0.2, 0) is 4.79 Å². The van der Waals surface area contributed by atoms with Crippen molar-refractivity contribution in [2.45, 2.75) is 70.9 Å². The molecule has 1 N–H and O–H groups in total. The molecule has 1 aromatic carbocycles. The van der Waals surface area contributed by atoms with Crippen LogP contribution >= 0.6 is 0 Å². The molecule has 1 aliphatic rings. The lowest BCUT2D eigenvalue weighted by atomic mass is 9.96. The van der Waals surface area contributed by atoms with Crippen LogP contribution < -0.4 is 10.1 Å². The monoisotopic (exact) mass is 289 g/mol. The summed E-state index contributed by atoms with van der Waals surface area (Å²) in [6.45, 7) is 3.84. The van der Waals surface area contributed by atoms with E-state index in [2.05, 4.69) is 5.32 Å². The molecule has 3 heteroatoms. The topological polar surface area (TPSA) is 38.3 Å². The first-order valence-corrected chi connectivity index (χ1v) is 8.19. The van der Waals surface area contributed by atoms with Gasteiger partial charge in [-0.3, -0.25) is 4.79 Å². The summed E-state index contributed by atoms with van der Waals surface area (Å²) in [4.78, 5) is 12.3. The molecular weight excluding hydrogens is 262 g/mol. The van der Waals surface area contributed by atoms with Crippen molar-refractivity contribution in [3.63, 3.8) is 0 Å². The average molecular weight is 289 g/mol. The van der Waals surface area contributed by atoms with Crippen molar-refractivity contribution in [3.8, 4) is 5.75 Å². The van der Waals surface area contributed by atoms with E-state index in [0.29, 0.717) is 6.04 Å². The van der Waals surface area contributed by atoms with Gasteiger partial charge in [-0.15, -0.1) is 0 Å². The van der Waals surface area contributed by atoms with Crippen LogP contribution in [0, 0.1) is 6.92 Å².